The molecule has 16 heavy (non-hydrogen) atoms. The number of hydrogen-bond donors (Lipinski definition) is 3. The van der Waals surface area contributed by atoms with E-state index in [9.17, 15) is 9.90 Å². The maximum absolute atomic E-state index is 11.8. The number of amides is 1. The van der Waals surface area contributed by atoms with Crippen LogP contribution in [0.4, 0.5) is 0 Å². The molecule has 1 aromatic carbocycles. The van der Waals surface area contributed by atoms with Crippen molar-refractivity contribution in [3.8, 4) is 5.75 Å². The molecule has 4 nitrogen and oxygen atoms in total. The smallest absolute Gasteiger partial charge is 0.255 e. The summed E-state index contributed by atoms with van der Waals surface area (Å²) in [5.41, 5.74) is 5.26. The van der Waals surface area contributed by atoms with E-state index < -0.39 is 5.54 Å². The quantitative estimate of drug-likeness (QED) is 0.790. The minimum absolute atomic E-state index is 0.0558. The molecule has 0 aliphatic heterocycles. The first-order chi connectivity index (χ1) is 7.35. The lowest BCUT2D eigenvalue weighted by atomic mass is 10.0. The predicted molar refractivity (Wildman–Crippen MR) is 66.4 cm³/mol. The zero-order chi connectivity index (χ0) is 12.3. The van der Waals surface area contributed by atoms with E-state index in [1.165, 1.54) is 6.07 Å². The number of carbonyl (C=O) groups is 1. The summed E-state index contributed by atoms with van der Waals surface area (Å²) in [6.07, 6.45) is 0. The van der Waals surface area contributed by atoms with Gasteiger partial charge in [-0.2, -0.15) is 0 Å². The molecule has 0 saturated carbocycles. The van der Waals surface area contributed by atoms with Crippen molar-refractivity contribution >= 4 is 21.8 Å². The second kappa shape index (κ2) is 4.84. The summed E-state index contributed by atoms with van der Waals surface area (Å²) in [7, 11) is 0. The van der Waals surface area contributed by atoms with Crippen LogP contribution in [0, 0.1) is 0 Å². The minimum atomic E-state index is -0.489. The summed E-state index contributed by atoms with van der Waals surface area (Å²) in [4.78, 5) is 11.8. The van der Waals surface area contributed by atoms with E-state index in [-0.39, 0.29) is 17.2 Å². The second-order valence-corrected chi connectivity index (χ2v) is 5.12. The minimum Gasteiger partial charge on any atom is -0.507 e. The van der Waals surface area contributed by atoms with E-state index in [1.807, 2.05) is 13.8 Å². The van der Waals surface area contributed by atoms with E-state index in [0.717, 1.165) is 4.47 Å². The van der Waals surface area contributed by atoms with Crippen LogP contribution in [0.2, 0.25) is 0 Å². The Bertz CT molecular complexity index is 405. The van der Waals surface area contributed by atoms with E-state index in [4.69, 9.17) is 5.73 Å². The zero-order valence-electron chi connectivity index (χ0n) is 9.25. The number of hydrogen-bond acceptors (Lipinski definition) is 3. The van der Waals surface area contributed by atoms with Crippen molar-refractivity contribution in [1.29, 1.82) is 0 Å². The highest BCUT2D eigenvalue weighted by Crippen LogP contribution is 2.22. The highest BCUT2D eigenvalue weighted by atomic mass is 79.9. The lowest BCUT2D eigenvalue weighted by Gasteiger charge is -2.24. The molecule has 4 N–H and O–H groups in total. The van der Waals surface area contributed by atoms with E-state index in [1.54, 1.807) is 12.1 Å². The standard InChI is InChI=1S/C11H15BrN2O2/c1-11(2,6-13)14-10(16)8-4-3-7(12)5-9(8)15/h3-5,15H,6,13H2,1-2H3,(H,14,16). The Morgan fingerprint density at radius 1 is 1.56 bits per heavy atom. The molecule has 5 heteroatoms. The Labute approximate surface area is 103 Å². The Kier molecular flexibility index (Phi) is 3.93. The number of carbonyl (C=O) groups excluding carboxylic acids is 1. The molecule has 0 heterocycles. The van der Waals surface area contributed by atoms with Crippen LogP contribution < -0.4 is 11.1 Å². The average Bonchev–Trinajstić information content (AvgIpc) is 2.16. The fourth-order valence-electron chi connectivity index (χ4n) is 1.12. The Hall–Kier alpha value is -1.07. The molecule has 0 unspecified atom stereocenters. The van der Waals surface area contributed by atoms with Gasteiger partial charge in [-0.15, -0.1) is 0 Å². The highest BCUT2D eigenvalue weighted by Gasteiger charge is 2.20. The molecule has 0 aliphatic rings. The first kappa shape index (κ1) is 13.0. The maximum atomic E-state index is 11.8. The normalized spacial score (nSPS) is 11.2. The van der Waals surface area contributed by atoms with Gasteiger partial charge in [-0.1, -0.05) is 15.9 Å². The predicted octanol–water partition coefficient (Wildman–Crippen LogP) is 1.62. The third-order valence-electron chi connectivity index (χ3n) is 2.17. The Morgan fingerprint density at radius 3 is 2.69 bits per heavy atom. The van der Waals surface area contributed by atoms with Crippen LogP contribution in [0.3, 0.4) is 0 Å². The van der Waals surface area contributed by atoms with Crippen LogP contribution in [0.25, 0.3) is 0 Å². The Morgan fingerprint density at radius 2 is 2.19 bits per heavy atom. The van der Waals surface area contributed by atoms with Gasteiger partial charge < -0.3 is 16.2 Å². The number of benzene rings is 1. The summed E-state index contributed by atoms with van der Waals surface area (Å²) in [5, 5.41) is 12.4. The summed E-state index contributed by atoms with van der Waals surface area (Å²) in [6, 6.07) is 4.73. The van der Waals surface area contributed by atoms with Crippen LogP contribution in [-0.2, 0) is 0 Å². The van der Waals surface area contributed by atoms with E-state index in [2.05, 4.69) is 21.2 Å². The number of nitrogens with two attached hydrogens (primary N) is 1. The molecule has 0 spiro atoms. The molecule has 0 atom stereocenters. The summed E-state index contributed by atoms with van der Waals surface area (Å²) in [6.45, 7) is 3.97. The molecule has 88 valence electrons. The molecule has 0 radical (unpaired) electrons. The van der Waals surface area contributed by atoms with Crippen molar-refractivity contribution in [3.05, 3.63) is 28.2 Å². The lowest BCUT2D eigenvalue weighted by Crippen LogP contribution is -2.48. The molecule has 1 aromatic rings. The van der Waals surface area contributed by atoms with Crippen molar-refractivity contribution in [2.45, 2.75) is 19.4 Å². The van der Waals surface area contributed by atoms with Gasteiger partial charge in [0.1, 0.15) is 5.75 Å². The molecule has 1 rings (SSSR count). The first-order valence-corrected chi connectivity index (χ1v) is 5.66. The fraction of sp³-hybridized carbons (Fsp3) is 0.364. The van der Waals surface area contributed by atoms with Crippen molar-refractivity contribution in [3.63, 3.8) is 0 Å². The van der Waals surface area contributed by atoms with Crippen LogP contribution in [-0.4, -0.2) is 23.1 Å². The number of aromatic hydroxyl groups is 1. The summed E-state index contributed by atoms with van der Waals surface area (Å²) >= 11 is 3.21. The Balaban J connectivity index is 2.89. The first-order valence-electron chi connectivity index (χ1n) is 4.87. The van der Waals surface area contributed by atoms with Gasteiger partial charge in [-0.05, 0) is 32.0 Å². The second-order valence-electron chi connectivity index (χ2n) is 4.20. The monoisotopic (exact) mass is 286 g/mol. The third-order valence-corrected chi connectivity index (χ3v) is 2.66. The molecule has 0 bridgehead atoms. The maximum Gasteiger partial charge on any atom is 0.255 e. The number of halogens is 1. The average molecular weight is 287 g/mol. The molecule has 0 saturated heterocycles. The number of nitrogens with one attached hydrogen (secondary N) is 1. The van der Waals surface area contributed by atoms with Crippen molar-refractivity contribution in [2.75, 3.05) is 6.54 Å². The molecule has 0 aromatic heterocycles. The molecular weight excluding hydrogens is 272 g/mol. The van der Waals surface area contributed by atoms with Gasteiger partial charge in [0.25, 0.3) is 5.91 Å². The molecule has 0 aliphatic carbocycles. The van der Waals surface area contributed by atoms with Gasteiger partial charge in [0.15, 0.2) is 0 Å². The number of rotatable bonds is 3. The largest absolute Gasteiger partial charge is 0.507 e. The summed E-state index contributed by atoms with van der Waals surface area (Å²) in [5.74, 6) is -0.389. The zero-order valence-corrected chi connectivity index (χ0v) is 10.8. The van der Waals surface area contributed by atoms with Crippen LogP contribution in [0.5, 0.6) is 5.75 Å². The van der Waals surface area contributed by atoms with Gasteiger partial charge >= 0.3 is 0 Å². The SMILES string of the molecule is CC(C)(CN)NC(=O)c1ccc(Br)cc1O. The van der Waals surface area contributed by atoms with Gasteiger partial charge in [-0.25, -0.2) is 0 Å². The van der Waals surface area contributed by atoms with Gasteiger partial charge in [0.05, 0.1) is 5.56 Å². The van der Waals surface area contributed by atoms with Crippen molar-refractivity contribution in [2.24, 2.45) is 5.73 Å². The number of phenols is 1. The summed E-state index contributed by atoms with van der Waals surface area (Å²) < 4.78 is 0.722. The van der Waals surface area contributed by atoms with E-state index in [0.29, 0.717) is 6.54 Å². The van der Waals surface area contributed by atoms with Crippen LogP contribution in [0.1, 0.15) is 24.2 Å². The van der Waals surface area contributed by atoms with Crippen molar-refractivity contribution < 1.29 is 9.90 Å². The van der Waals surface area contributed by atoms with Gasteiger partial charge in [0, 0.05) is 16.6 Å². The van der Waals surface area contributed by atoms with E-state index >= 15 is 0 Å². The van der Waals surface area contributed by atoms with Gasteiger partial charge in [-0.3, -0.25) is 4.79 Å². The highest BCUT2D eigenvalue weighted by molar-refractivity contribution is 9.10. The molecule has 1 amide bonds. The third kappa shape index (κ3) is 3.21. The molecular formula is C11H15BrN2O2. The van der Waals surface area contributed by atoms with Gasteiger partial charge in [0.2, 0.25) is 0 Å². The van der Waals surface area contributed by atoms with Crippen LogP contribution in [0.15, 0.2) is 22.7 Å². The topological polar surface area (TPSA) is 75.3 Å². The lowest BCUT2D eigenvalue weighted by molar-refractivity contribution is 0.0913. The fourth-order valence-corrected chi connectivity index (χ4v) is 1.47. The molecule has 0 fully saturated rings. The number of phenolic OH excluding ortho intramolecular Hbond substituents is 1. The van der Waals surface area contributed by atoms with Crippen LogP contribution >= 0.6 is 15.9 Å². The van der Waals surface area contributed by atoms with Crippen molar-refractivity contribution in [1.82, 2.24) is 5.32 Å².